The van der Waals surface area contributed by atoms with Crippen LogP contribution < -0.4 is 0 Å². The number of nitrogens with zero attached hydrogens (tertiary/aromatic N) is 1. The fraction of sp³-hybridized carbons (Fsp3) is 0.632. The average molecular weight is 317 g/mol. The van der Waals surface area contributed by atoms with Gasteiger partial charge in [0.1, 0.15) is 0 Å². The number of carbonyl (C=O) groups excluding carboxylic acids is 1. The second-order valence-corrected chi connectivity index (χ2v) is 8.47. The fourth-order valence-electron chi connectivity index (χ4n) is 3.54. The Morgan fingerprint density at radius 3 is 2.91 bits per heavy atom. The zero-order valence-electron chi connectivity index (χ0n) is 13.8. The van der Waals surface area contributed by atoms with Crippen LogP contribution >= 0.6 is 11.3 Å². The first kappa shape index (κ1) is 15.8. The van der Waals surface area contributed by atoms with E-state index in [4.69, 9.17) is 0 Å². The van der Waals surface area contributed by atoms with E-state index in [1.165, 1.54) is 24.1 Å². The van der Waals surface area contributed by atoms with Gasteiger partial charge in [0.2, 0.25) is 0 Å². The van der Waals surface area contributed by atoms with Crippen molar-refractivity contribution in [3.63, 3.8) is 0 Å². The van der Waals surface area contributed by atoms with Gasteiger partial charge in [-0.1, -0.05) is 26.0 Å². The van der Waals surface area contributed by atoms with Crippen molar-refractivity contribution in [2.24, 2.45) is 5.41 Å². The summed E-state index contributed by atoms with van der Waals surface area (Å²) in [4.78, 5) is 16.2. The van der Waals surface area contributed by atoms with Gasteiger partial charge in [0, 0.05) is 23.3 Å². The maximum atomic E-state index is 12.8. The third kappa shape index (κ3) is 3.62. The lowest BCUT2D eigenvalue weighted by Crippen LogP contribution is -2.32. The second-order valence-electron chi connectivity index (χ2n) is 7.53. The third-order valence-electron chi connectivity index (χ3n) is 5.17. The van der Waals surface area contributed by atoms with Gasteiger partial charge in [0.15, 0.2) is 0 Å². The molecule has 3 rings (SSSR count). The van der Waals surface area contributed by atoms with Crippen molar-refractivity contribution in [1.82, 2.24) is 4.90 Å². The molecule has 2 heterocycles. The summed E-state index contributed by atoms with van der Waals surface area (Å²) in [6, 6.07) is 2.16. The molecule has 3 heteroatoms. The quantitative estimate of drug-likeness (QED) is 0.684. The third-order valence-corrected chi connectivity index (χ3v) is 6.26. The zero-order valence-corrected chi connectivity index (χ0v) is 14.6. The molecule has 0 spiro atoms. The molecule has 0 N–H and O–H groups in total. The van der Waals surface area contributed by atoms with Crippen LogP contribution in [0.4, 0.5) is 0 Å². The first-order valence-corrected chi connectivity index (χ1v) is 9.46. The Morgan fingerprint density at radius 1 is 1.27 bits per heavy atom. The SMILES string of the molecule is CC1(C)CCCN(C(=O)c2csc(C3CC=CCC3)c2)CC1. The summed E-state index contributed by atoms with van der Waals surface area (Å²) >= 11 is 1.77. The van der Waals surface area contributed by atoms with Crippen molar-refractivity contribution < 1.29 is 4.79 Å². The van der Waals surface area contributed by atoms with Crippen LogP contribution in [-0.2, 0) is 0 Å². The van der Waals surface area contributed by atoms with Crippen LogP contribution in [0.15, 0.2) is 23.6 Å². The lowest BCUT2D eigenvalue weighted by Gasteiger charge is -2.23. The minimum absolute atomic E-state index is 0.242. The smallest absolute Gasteiger partial charge is 0.254 e. The summed E-state index contributed by atoms with van der Waals surface area (Å²) in [6.45, 7) is 6.46. The normalized spacial score (nSPS) is 25.0. The highest BCUT2D eigenvalue weighted by Crippen LogP contribution is 2.34. The molecule has 0 bridgehead atoms. The molecule has 1 aliphatic heterocycles. The first-order valence-electron chi connectivity index (χ1n) is 8.58. The second kappa shape index (κ2) is 6.57. The first-order chi connectivity index (χ1) is 10.6. The van der Waals surface area contributed by atoms with E-state index < -0.39 is 0 Å². The summed E-state index contributed by atoms with van der Waals surface area (Å²) in [6.07, 6.45) is 11.6. The molecule has 1 aliphatic carbocycles. The van der Waals surface area contributed by atoms with Crippen molar-refractivity contribution in [3.8, 4) is 0 Å². The Hall–Kier alpha value is -1.09. The molecule has 1 fully saturated rings. The number of amides is 1. The van der Waals surface area contributed by atoms with E-state index in [0.29, 0.717) is 11.3 Å². The predicted octanol–water partition coefficient (Wildman–Crippen LogP) is 5.22. The van der Waals surface area contributed by atoms with Crippen LogP contribution in [0.1, 0.15) is 73.5 Å². The Morgan fingerprint density at radius 2 is 2.14 bits per heavy atom. The molecule has 2 aliphatic rings. The summed E-state index contributed by atoms with van der Waals surface area (Å²) in [5, 5.41) is 2.08. The van der Waals surface area contributed by atoms with Crippen LogP contribution in [0, 0.1) is 5.41 Å². The van der Waals surface area contributed by atoms with Gasteiger partial charge in [-0.3, -0.25) is 4.79 Å². The van der Waals surface area contributed by atoms with Gasteiger partial charge in [0.25, 0.3) is 5.91 Å². The van der Waals surface area contributed by atoms with E-state index in [-0.39, 0.29) is 5.91 Å². The molecule has 120 valence electrons. The fourth-order valence-corrected chi connectivity index (χ4v) is 4.57. The Labute approximate surface area is 138 Å². The van der Waals surface area contributed by atoms with Crippen LogP contribution in [0.25, 0.3) is 0 Å². The number of thiophene rings is 1. The number of hydrogen-bond acceptors (Lipinski definition) is 2. The van der Waals surface area contributed by atoms with Crippen molar-refractivity contribution in [3.05, 3.63) is 34.0 Å². The molecule has 0 aromatic carbocycles. The van der Waals surface area contributed by atoms with E-state index in [2.05, 4.69) is 42.3 Å². The molecule has 1 atom stereocenters. The number of carbonyl (C=O) groups is 1. The molecular weight excluding hydrogens is 290 g/mol. The Balaban J connectivity index is 1.67. The van der Waals surface area contributed by atoms with E-state index >= 15 is 0 Å². The number of likely N-dealkylation sites (tertiary alicyclic amines) is 1. The highest BCUT2D eigenvalue weighted by atomic mass is 32.1. The summed E-state index contributed by atoms with van der Waals surface area (Å²) in [7, 11) is 0. The summed E-state index contributed by atoms with van der Waals surface area (Å²) < 4.78 is 0. The van der Waals surface area contributed by atoms with E-state index in [9.17, 15) is 4.79 Å². The minimum atomic E-state index is 0.242. The van der Waals surface area contributed by atoms with Gasteiger partial charge in [0.05, 0.1) is 5.56 Å². The summed E-state index contributed by atoms with van der Waals surface area (Å²) in [5.41, 5.74) is 1.29. The van der Waals surface area contributed by atoms with Crippen LogP contribution in [0.2, 0.25) is 0 Å². The number of allylic oxidation sites excluding steroid dienone is 2. The Bertz CT molecular complexity index is 558. The van der Waals surface area contributed by atoms with Crippen molar-refractivity contribution in [2.45, 2.75) is 58.3 Å². The molecule has 22 heavy (non-hydrogen) atoms. The number of hydrogen-bond donors (Lipinski definition) is 0. The van der Waals surface area contributed by atoms with Gasteiger partial charge in [-0.15, -0.1) is 11.3 Å². The molecule has 1 aromatic heterocycles. The van der Waals surface area contributed by atoms with Crippen LogP contribution in [0.5, 0.6) is 0 Å². The highest BCUT2D eigenvalue weighted by Gasteiger charge is 2.26. The van der Waals surface area contributed by atoms with E-state index in [0.717, 1.165) is 37.9 Å². The minimum Gasteiger partial charge on any atom is -0.339 e. The molecule has 0 saturated carbocycles. The van der Waals surface area contributed by atoms with E-state index in [1.54, 1.807) is 11.3 Å². The average Bonchev–Trinajstić information content (AvgIpc) is 2.93. The van der Waals surface area contributed by atoms with E-state index in [1.807, 2.05) is 0 Å². The number of rotatable bonds is 2. The van der Waals surface area contributed by atoms with Crippen molar-refractivity contribution in [1.29, 1.82) is 0 Å². The maximum Gasteiger partial charge on any atom is 0.254 e. The van der Waals surface area contributed by atoms with Gasteiger partial charge < -0.3 is 4.90 Å². The molecule has 1 amide bonds. The molecule has 1 aromatic rings. The monoisotopic (exact) mass is 317 g/mol. The molecule has 0 radical (unpaired) electrons. The van der Waals surface area contributed by atoms with Gasteiger partial charge in [-0.25, -0.2) is 0 Å². The lowest BCUT2D eigenvalue weighted by atomic mass is 9.85. The van der Waals surface area contributed by atoms with Gasteiger partial charge in [-0.2, -0.15) is 0 Å². The van der Waals surface area contributed by atoms with Crippen LogP contribution in [-0.4, -0.2) is 23.9 Å². The summed E-state index contributed by atoms with van der Waals surface area (Å²) in [5.74, 6) is 0.867. The molecule has 1 saturated heterocycles. The highest BCUT2D eigenvalue weighted by molar-refractivity contribution is 7.10. The van der Waals surface area contributed by atoms with Crippen molar-refractivity contribution >= 4 is 17.2 Å². The van der Waals surface area contributed by atoms with Crippen molar-refractivity contribution in [2.75, 3.05) is 13.1 Å². The van der Waals surface area contributed by atoms with Crippen LogP contribution in [0.3, 0.4) is 0 Å². The Kier molecular flexibility index (Phi) is 4.72. The molecule has 2 nitrogen and oxygen atoms in total. The molecule has 1 unspecified atom stereocenters. The topological polar surface area (TPSA) is 20.3 Å². The standard InChI is InChI=1S/C19H27NOS/c1-19(2)9-6-11-20(12-10-19)18(21)16-13-17(22-14-16)15-7-4-3-5-8-15/h3-4,13-15H,5-12H2,1-2H3. The predicted molar refractivity (Wildman–Crippen MR) is 93.6 cm³/mol. The molecular formula is C19H27NOS. The zero-order chi connectivity index (χ0) is 15.6. The maximum absolute atomic E-state index is 12.8. The lowest BCUT2D eigenvalue weighted by molar-refractivity contribution is 0.0758. The van der Waals surface area contributed by atoms with Gasteiger partial charge >= 0.3 is 0 Å². The largest absolute Gasteiger partial charge is 0.339 e. The van der Waals surface area contributed by atoms with Gasteiger partial charge in [-0.05, 0) is 55.9 Å².